The minimum atomic E-state index is -0.377. The maximum absolute atomic E-state index is 12.0. The molecule has 0 aromatic heterocycles. The van der Waals surface area contributed by atoms with Crippen LogP contribution in [0.3, 0.4) is 0 Å². The van der Waals surface area contributed by atoms with Gasteiger partial charge in [-0.3, -0.25) is 0 Å². The number of benzene rings is 2. The van der Waals surface area contributed by atoms with E-state index in [2.05, 4.69) is 31.9 Å². The Balaban J connectivity index is 2.19. The van der Waals surface area contributed by atoms with Crippen molar-refractivity contribution in [2.45, 2.75) is 6.92 Å². The second-order valence-corrected chi connectivity index (χ2v) is 5.60. The Bertz CT molecular complexity index is 577. The number of rotatable bonds is 2. The number of hydrogen-bond donors (Lipinski definition) is 0. The van der Waals surface area contributed by atoms with Gasteiger partial charge in [-0.05, 0) is 53.2 Å². The first-order valence-corrected chi connectivity index (χ1v) is 6.89. The fourth-order valence-corrected chi connectivity index (χ4v) is 2.63. The average Bonchev–Trinajstić information content (AvgIpc) is 2.32. The molecule has 0 N–H and O–H groups in total. The summed E-state index contributed by atoms with van der Waals surface area (Å²) in [4.78, 5) is 12.0. The Kier molecular flexibility index (Phi) is 4.19. The molecule has 0 unspecified atom stereocenters. The Morgan fingerprint density at radius 1 is 1.06 bits per heavy atom. The van der Waals surface area contributed by atoms with Crippen molar-refractivity contribution >= 4 is 37.8 Å². The second-order valence-electron chi connectivity index (χ2n) is 3.83. The van der Waals surface area contributed by atoms with Crippen LogP contribution in [-0.4, -0.2) is 5.97 Å². The number of hydrogen-bond acceptors (Lipinski definition) is 2. The lowest BCUT2D eigenvalue weighted by Crippen LogP contribution is -2.09. The van der Waals surface area contributed by atoms with Crippen LogP contribution >= 0.6 is 31.9 Å². The van der Waals surface area contributed by atoms with Gasteiger partial charge >= 0.3 is 5.97 Å². The number of carbonyl (C=O) groups is 1. The van der Waals surface area contributed by atoms with Crippen LogP contribution in [0.4, 0.5) is 0 Å². The van der Waals surface area contributed by atoms with Gasteiger partial charge in [0, 0.05) is 8.95 Å². The number of aryl methyl sites for hydroxylation is 1. The van der Waals surface area contributed by atoms with Crippen LogP contribution in [0.15, 0.2) is 51.4 Å². The SMILES string of the molecule is Cc1ccc(OC(=O)c2ccc(Br)cc2Br)cc1. The van der Waals surface area contributed by atoms with Gasteiger partial charge in [0.05, 0.1) is 5.56 Å². The molecule has 0 saturated heterocycles. The van der Waals surface area contributed by atoms with E-state index >= 15 is 0 Å². The summed E-state index contributed by atoms with van der Waals surface area (Å²) in [7, 11) is 0. The molecule has 2 nitrogen and oxygen atoms in total. The lowest BCUT2D eigenvalue weighted by atomic mass is 10.2. The van der Waals surface area contributed by atoms with Gasteiger partial charge in [0.2, 0.25) is 0 Å². The molecular formula is C14H10Br2O2. The van der Waals surface area contributed by atoms with Gasteiger partial charge in [0.25, 0.3) is 0 Å². The zero-order valence-electron chi connectivity index (χ0n) is 9.61. The van der Waals surface area contributed by atoms with Crippen molar-refractivity contribution in [3.05, 3.63) is 62.5 Å². The van der Waals surface area contributed by atoms with Crippen molar-refractivity contribution < 1.29 is 9.53 Å². The van der Waals surface area contributed by atoms with Crippen LogP contribution in [0.5, 0.6) is 5.75 Å². The van der Waals surface area contributed by atoms with Crippen molar-refractivity contribution in [2.24, 2.45) is 0 Å². The van der Waals surface area contributed by atoms with E-state index < -0.39 is 0 Å². The summed E-state index contributed by atoms with van der Waals surface area (Å²) in [5.41, 5.74) is 1.62. The molecule has 0 aliphatic rings. The molecule has 0 aliphatic heterocycles. The summed E-state index contributed by atoms with van der Waals surface area (Å²) in [6, 6.07) is 12.7. The van der Waals surface area contributed by atoms with Crippen molar-refractivity contribution in [1.29, 1.82) is 0 Å². The van der Waals surface area contributed by atoms with Gasteiger partial charge in [-0.1, -0.05) is 33.6 Å². The molecule has 18 heavy (non-hydrogen) atoms. The monoisotopic (exact) mass is 368 g/mol. The van der Waals surface area contributed by atoms with E-state index in [-0.39, 0.29) is 5.97 Å². The van der Waals surface area contributed by atoms with Gasteiger partial charge in [-0.2, -0.15) is 0 Å². The van der Waals surface area contributed by atoms with Gasteiger partial charge in [-0.15, -0.1) is 0 Å². The highest BCUT2D eigenvalue weighted by molar-refractivity contribution is 9.11. The normalized spacial score (nSPS) is 10.2. The molecule has 0 bridgehead atoms. The molecule has 0 spiro atoms. The van der Waals surface area contributed by atoms with E-state index in [1.165, 1.54) is 0 Å². The van der Waals surface area contributed by atoms with E-state index in [1.54, 1.807) is 24.3 Å². The average molecular weight is 370 g/mol. The number of ether oxygens (including phenoxy) is 1. The summed E-state index contributed by atoms with van der Waals surface area (Å²) >= 11 is 6.68. The zero-order chi connectivity index (χ0) is 13.1. The van der Waals surface area contributed by atoms with Crippen LogP contribution in [-0.2, 0) is 0 Å². The summed E-state index contributed by atoms with van der Waals surface area (Å²) in [6.45, 7) is 1.98. The van der Waals surface area contributed by atoms with Gasteiger partial charge in [-0.25, -0.2) is 4.79 Å². The fraction of sp³-hybridized carbons (Fsp3) is 0.0714. The largest absolute Gasteiger partial charge is 0.423 e. The summed E-state index contributed by atoms with van der Waals surface area (Å²) in [5, 5.41) is 0. The first-order chi connectivity index (χ1) is 8.56. The van der Waals surface area contributed by atoms with Crippen molar-refractivity contribution in [3.8, 4) is 5.75 Å². The third-order valence-corrected chi connectivity index (χ3v) is 3.53. The Labute approximate surface area is 122 Å². The van der Waals surface area contributed by atoms with Gasteiger partial charge < -0.3 is 4.74 Å². The molecular weight excluding hydrogens is 360 g/mol. The molecule has 0 atom stereocenters. The Morgan fingerprint density at radius 2 is 1.72 bits per heavy atom. The molecule has 0 radical (unpaired) electrons. The third-order valence-electron chi connectivity index (χ3n) is 2.38. The lowest BCUT2D eigenvalue weighted by Gasteiger charge is -2.06. The van der Waals surface area contributed by atoms with Crippen LogP contribution in [0, 0.1) is 6.92 Å². The van der Waals surface area contributed by atoms with Crippen LogP contribution in [0.2, 0.25) is 0 Å². The highest BCUT2D eigenvalue weighted by atomic mass is 79.9. The molecule has 2 aromatic rings. The van der Waals surface area contributed by atoms with Crippen LogP contribution in [0.1, 0.15) is 15.9 Å². The van der Waals surface area contributed by atoms with E-state index in [4.69, 9.17) is 4.74 Å². The van der Waals surface area contributed by atoms with Crippen molar-refractivity contribution in [3.63, 3.8) is 0 Å². The summed E-state index contributed by atoms with van der Waals surface area (Å²) in [5.74, 6) is 0.165. The van der Waals surface area contributed by atoms with E-state index in [0.717, 1.165) is 10.0 Å². The van der Waals surface area contributed by atoms with Crippen molar-refractivity contribution in [2.75, 3.05) is 0 Å². The zero-order valence-corrected chi connectivity index (χ0v) is 12.8. The smallest absolute Gasteiger partial charge is 0.344 e. The highest BCUT2D eigenvalue weighted by Crippen LogP contribution is 2.23. The van der Waals surface area contributed by atoms with E-state index in [0.29, 0.717) is 15.8 Å². The first-order valence-electron chi connectivity index (χ1n) is 5.30. The van der Waals surface area contributed by atoms with E-state index in [1.807, 2.05) is 25.1 Å². The lowest BCUT2D eigenvalue weighted by molar-refractivity contribution is 0.0734. The molecule has 0 aliphatic carbocycles. The molecule has 4 heteroatoms. The fourth-order valence-electron chi connectivity index (χ4n) is 1.42. The molecule has 0 saturated carbocycles. The summed E-state index contributed by atoms with van der Waals surface area (Å²) < 4.78 is 6.90. The number of esters is 1. The molecule has 0 amide bonds. The molecule has 2 rings (SSSR count). The minimum Gasteiger partial charge on any atom is -0.423 e. The van der Waals surface area contributed by atoms with Gasteiger partial charge in [0.15, 0.2) is 0 Å². The predicted octanol–water partition coefficient (Wildman–Crippen LogP) is 4.74. The third kappa shape index (κ3) is 3.21. The molecule has 92 valence electrons. The maximum Gasteiger partial charge on any atom is 0.344 e. The topological polar surface area (TPSA) is 26.3 Å². The van der Waals surface area contributed by atoms with Gasteiger partial charge in [0.1, 0.15) is 5.75 Å². The van der Waals surface area contributed by atoms with Crippen LogP contribution in [0.25, 0.3) is 0 Å². The minimum absolute atomic E-state index is 0.377. The predicted molar refractivity (Wildman–Crippen MR) is 78.0 cm³/mol. The van der Waals surface area contributed by atoms with E-state index in [9.17, 15) is 4.79 Å². The highest BCUT2D eigenvalue weighted by Gasteiger charge is 2.12. The molecule has 0 fully saturated rings. The maximum atomic E-state index is 12.0. The number of carbonyl (C=O) groups excluding carboxylic acids is 1. The second kappa shape index (κ2) is 5.67. The first kappa shape index (κ1) is 13.3. The number of halogens is 2. The molecule has 2 aromatic carbocycles. The Morgan fingerprint density at radius 3 is 2.33 bits per heavy atom. The van der Waals surface area contributed by atoms with Crippen LogP contribution < -0.4 is 4.74 Å². The standard InChI is InChI=1S/C14H10Br2O2/c1-9-2-5-11(6-3-9)18-14(17)12-7-4-10(15)8-13(12)16/h2-8H,1H3. The van der Waals surface area contributed by atoms with Crippen molar-refractivity contribution in [1.82, 2.24) is 0 Å². The Hall–Kier alpha value is -1.13. The summed E-state index contributed by atoms with van der Waals surface area (Å²) in [6.07, 6.45) is 0. The quantitative estimate of drug-likeness (QED) is 0.564. The molecule has 0 heterocycles.